The predicted molar refractivity (Wildman–Crippen MR) is 66.9 cm³/mol. The Morgan fingerprint density at radius 2 is 2.25 bits per heavy atom. The van der Waals surface area contributed by atoms with Crippen molar-refractivity contribution >= 4 is 11.7 Å². The average Bonchev–Trinajstić information content (AvgIpc) is 2.90. The van der Waals surface area contributed by atoms with Crippen LogP contribution in [0.2, 0.25) is 0 Å². The van der Waals surface area contributed by atoms with Crippen LogP contribution in [0.15, 0.2) is 5.16 Å². The van der Waals surface area contributed by atoms with Gasteiger partial charge in [0.25, 0.3) is 0 Å². The number of nitrogens with zero attached hydrogens (tertiary/aromatic N) is 1. The molecule has 7 nitrogen and oxygen atoms in total. The molecule has 0 aromatic rings. The monoisotopic (exact) mass is 285 g/mol. The smallest absolute Gasteiger partial charge is 0.350 e. The van der Waals surface area contributed by atoms with E-state index in [9.17, 15) is 9.90 Å². The summed E-state index contributed by atoms with van der Waals surface area (Å²) in [6, 6.07) is 0. The van der Waals surface area contributed by atoms with Crippen LogP contribution in [-0.4, -0.2) is 53.6 Å². The Labute approximate surface area is 116 Å². The molecule has 7 heteroatoms. The Kier molecular flexibility index (Phi) is 3.23. The molecular weight excluding hydrogens is 266 g/mol. The van der Waals surface area contributed by atoms with Gasteiger partial charge in [0, 0.05) is 0 Å². The third-order valence-corrected chi connectivity index (χ3v) is 3.83. The molecule has 0 aromatic carbocycles. The maximum absolute atomic E-state index is 11.9. The first-order chi connectivity index (χ1) is 9.43. The maximum atomic E-state index is 11.9. The van der Waals surface area contributed by atoms with Gasteiger partial charge in [0.1, 0.15) is 12.2 Å². The summed E-state index contributed by atoms with van der Waals surface area (Å²) in [5.74, 6) is -1.56. The molecular formula is C13H19NO6. The second-order valence-electron chi connectivity index (χ2n) is 5.72. The van der Waals surface area contributed by atoms with Gasteiger partial charge in [0.2, 0.25) is 6.10 Å². The SMILES string of the molecule is CCOC(=O)[C@@H]1ON=C2[C@H]1C[C@@H](O)[C@H]1OC(C)(C)O[C@@H]21. The van der Waals surface area contributed by atoms with Crippen LogP contribution in [0.4, 0.5) is 0 Å². The van der Waals surface area contributed by atoms with Crippen LogP contribution >= 0.6 is 0 Å². The Balaban J connectivity index is 1.81. The summed E-state index contributed by atoms with van der Waals surface area (Å²) >= 11 is 0. The molecule has 0 radical (unpaired) electrons. The number of carbonyl (C=O) groups is 1. The van der Waals surface area contributed by atoms with Crippen molar-refractivity contribution in [1.29, 1.82) is 0 Å². The predicted octanol–water partition coefficient (Wildman–Crippen LogP) is 0.205. The molecule has 1 saturated carbocycles. The van der Waals surface area contributed by atoms with Gasteiger partial charge < -0.3 is 24.2 Å². The number of hydrogen-bond donors (Lipinski definition) is 1. The molecule has 0 spiro atoms. The zero-order valence-electron chi connectivity index (χ0n) is 11.7. The van der Waals surface area contributed by atoms with E-state index in [0.29, 0.717) is 12.1 Å². The first kappa shape index (κ1) is 13.8. The van der Waals surface area contributed by atoms with Crippen LogP contribution in [0.1, 0.15) is 27.2 Å². The summed E-state index contributed by atoms with van der Waals surface area (Å²) in [6.45, 7) is 5.58. The van der Waals surface area contributed by atoms with E-state index in [4.69, 9.17) is 19.0 Å². The van der Waals surface area contributed by atoms with Crippen molar-refractivity contribution in [1.82, 2.24) is 0 Å². The van der Waals surface area contributed by atoms with Crippen molar-refractivity contribution in [2.75, 3.05) is 6.61 Å². The third kappa shape index (κ3) is 2.10. The van der Waals surface area contributed by atoms with E-state index in [0.717, 1.165) is 0 Å². The summed E-state index contributed by atoms with van der Waals surface area (Å²) in [5.41, 5.74) is 0.629. The molecule has 2 heterocycles. The van der Waals surface area contributed by atoms with Crippen LogP contribution in [-0.2, 0) is 23.8 Å². The molecule has 1 aliphatic carbocycles. The van der Waals surface area contributed by atoms with Crippen molar-refractivity contribution in [3.63, 3.8) is 0 Å². The number of hydrogen-bond acceptors (Lipinski definition) is 7. The summed E-state index contributed by atoms with van der Waals surface area (Å²) in [7, 11) is 0. The molecule has 2 aliphatic heterocycles. The number of carbonyl (C=O) groups excluding carboxylic acids is 1. The molecule has 20 heavy (non-hydrogen) atoms. The fourth-order valence-corrected chi connectivity index (χ4v) is 3.05. The van der Waals surface area contributed by atoms with Crippen molar-refractivity contribution in [2.45, 2.75) is 57.4 Å². The third-order valence-electron chi connectivity index (χ3n) is 3.83. The van der Waals surface area contributed by atoms with Gasteiger partial charge in [0.15, 0.2) is 5.79 Å². The quantitative estimate of drug-likeness (QED) is 0.730. The van der Waals surface area contributed by atoms with E-state index in [-0.39, 0.29) is 12.5 Å². The fraction of sp³-hybridized carbons (Fsp3) is 0.846. The zero-order chi connectivity index (χ0) is 14.5. The molecule has 112 valence electrons. The van der Waals surface area contributed by atoms with E-state index in [1.54, 1.807) is 20.8 Å². The highest BCUT2D eigenvalue weighted by atomic mass is 16.8. The minimum atomic E-state index is -0.798. The molecule has 0 bridgehead atoms. The molecule has 0 unspecified atom stereocenters. The van der Waals surface area contributed by atoms with Crippen molar-refractivity contribution < 1.29 is 28.9 Å². The summed E-state index contributed by atoms with van der Waals surface area (Å²) in [5, 5.41) is 14.2. The molecule has 0 aromatic heterocycles. The highest BCUT2D eigenvalue weighted by molar-refractivity contribution is 5.97. The van der Waals surface area contributed by atoms with Gasteiger partial charge in [-0.3, -0.25) is 0 Å². The van der Waals surface area contributed by atoms with Gasteiger partial charge >= 0.3 is 5.97 Å². The van der Waals surface area contributed by atoms with Crippen LogP contribution in [0.5, 0.6) is 0 Å². The number of oxime groups is 1. The Hall–Kier alpha value is -1.18. The lowest BCUT2D eigenvalue weighted by Crippen LogP contribution is -2.51. The molecule has 3 rings (SSSR count). The van der Waals surface area contributed by atoms with Gasteiger partial charge in [-0.2, -0.15) is 0 Å². The summed E-state index contributed by atoms with van der Waals surface area (Å²) in [4.78, 5) is 17.1. The molecule has 1 saturated heterocycles. The average molecular weight is 285 g/mol. The van der Waals surface area contributed by atoms with E-state index in [1.807, 2.05) is 0 Å². The van der Waals surface area contributed by atoms with Crippen LogP contribution in [0, 0.1) is 5.92 Å². The lowest BCUT2D eigenvalue weighted by atomic mass is 9.79. The molecule has 1 N–H and O–H groups in total. The Morgan fingerprint density at radius 3 is 2.95 bits per heavy atom. The van der Waals surface area contributed by atoms with Gasteiger partial charge in [-0.05, 0) is 27.2 Å². The topological polar surface area (TPSA) is 86.6 Å². The standard InChI is InChI=1S/C13H19NO6/c1-4-17-12(16)9-6-5-7(15)10-11(8(6)14-20-9)19-13(2,3)18-10/h6-7,9-11,15H,4-5H2,1-3H3/t6-,7-,9-,10-,11+/m1/s1. The molecule has 2 fully saturated rings. The second kappa shape index (κ2) is 4.68. The van der Waals surface area contributed by atoms with E-state index < -0.39 is 36.2 Å². The Bertz CT molecular complexity index is 448. The fourth-order valence-electron chi connectivity index (χ4n) is 3.05. The van der Waals surface area contributed by atoms with E-state index >= 15 is 0 Å². The van der Waals surface area contributed by atoms with Crippen molar-refractivity contribution in [3.05, 3.63) is 0 Å². The second-order valence-corrected chi connectivity index (χ2v) is 5.72. The van der Waals surface area contributed by atoms with Crippen molar-refractivity contribution in [2.24, 2.45) is 11.1 Å². The normalized spacial score (nSPS) is 41.4. The lowest BCUT2D eigenvalue weighted by molar-refractivity contribution is -0.160. The molecule has 5 atom stereocenters. The highest BCUT2D eigenvalue weighted by Gasteiger charge is 2.57. The van der Waals surface area contributed by atoms with E-state index in [1.165, 1.54) is 0 Å². The van der Waals surface area contributed by atoms with Gasteiger partial charge in [0.05, 0.1) is 24.3 Å². The van der Waals surface area contributed by atoms with Gasteiger partial charge in [-0.25, -0.2) is 4.79 Å². The minimum absolute atomic E-state index is 0.280. The maximum Gasteiger partial charge on any atom is 0.350 e. The van der Waals surface area contributed by atoms with Crippen LogP contribution < -0.4 is 0 Å². The van der Waals surface area contributed by atoms with E-state index in [2.05, 4.69) is 5.16 Å². The number of aliphatic hydroxyl groups excluding tert-OH is 1. The van der Waals surface area contributed by atoms with Gasteiger partial charge in [-0.1, -0.05) is 5.16 Å². The number of rotatable bonds is 2. The molecule has 0 amide bonds. The number of aliphatic hydroxyl groups is 1. The van der Waals surface area contributed by atoms with Gasteiger partial charge in [-0.15, -0.1) is 0 Å². The Morgan fingerprint density at radius 1 is 1.50 bits per heavy atom. The zero-order valence-corrected chi connectivity index (χ0v) is 11.7. The molecule has 3 aliphatic rings. The minimum Gasteiger partial charge on any atom is -0.463 e. The highest BCUT2D eigenvalue weighted by Crippen LogP contribution is 2.41. The van der Waals surface area contributed by atoms with Crippen LogP contribution in [0.25, 0.3) is 0 Å². The number of ether oxygens (including phenoxy) is 3. The first-order valence-electron chi connectivity index (χ1n) is 6.87. The summed E-state index contributed by atoms with van der Waals surface area (Å²) in [6.07, 6.45) is -2.11. The van der Waals surface area contributed by atoms with Crippen molar-refractivity contribution in [3.8, 4) is 0 Å². The summed E-state index contributed by atoms with van der Waals surface area (Å²) < 4.78 is 16.4. The van der Waals surface area contributed by atoms with Crippen LogP contribution in [0.3, 0.4) is 0 Å². The number of esters is 1. The largest absolute Gasteiger partial charge is 0.463 e. The first-order valence-corrected chi connectivity index (χ1v) is 6.87. The lowest BCUT2D eigenvalue weighted by Gasteiger charge is -2.32. The number of fused-ring (bicyclic) bond motifs is 3.